The van der Waals surface area contributed by atoms with Crippen LogP contribution in [0.2, 0.25) is 13.1 Å². The quantitative estimate of drug-likeness (QED) is 0.675. The molecule has 5 heteroatoms. The number of aliphatic hydroxyl groups is 1. The number of hydrogen-bond donors (Lipinski definition) is 1. The Morgan fingerprint density at radius 3 is 2.35 bits per heavy atom. The molecule has 2 aromatic carbocycles. The van der Waals surface area contributed by atoms with Crippen molar-refractivity contribution in [2.75, 3.05) is 0 Å². The summed E-state index contributed by atoms with van der Waals surface area (Å²) < 4.78 is 12.0. The van der Waals surface area contributed by atoms with Gasteiger partial charge >= 0.3 is 0 Å². The highest BCUT2D eigenvalue weighted by molar-refractivity contribution is 6.49. The van der Waals surface area contributed by atoms with Crippen LogP contribution in [0.1, 0.15) is 44.7 Å². The number of aromatic nitrogens is 1. The minimum Gasteiger partial charge on any atom is -0.547 e. The molecule has 4 nitrogen and oxygen atoms in total. The van der Waals surface area contributed by atoms with E-state index in [4.69, 9.17) is 8.84 Å². The predicted molar refractivity (Wildman–Crippen MR) is 107 cm³/mol. The van der Waals surface area contributed by atoms with E-state index in [9.17, 15) is 5.11 Å². The molecule has 0 radical (unpaired) electrons. The van der Waals surface area contributed by atoms with Gasteiger partial charge in [0.2, 0.25) is 14.9 Å². The Bertz CT molecular complexity index is 889. The highest BCUT2D eigenvalue weighted by Crippen LogP contribution is 2.39. The summed E-state index contributed by atoms with van der Waals surface area (Å²) in [5, 5.41) is 11.3. The van der Waals surface area contributed by atoms with E-state index in [1.165, 1.54) is 5.56 Å². The topological polar surface area (TPSA) is 55.5 Å². The Morgan fingerprint density at radius 1 is 1.04 bits per heavy atom. The van der Waals surface area contributed by atoms with Crippen molar-refractivity contribution >= 4 is 20.1 Å². The number of rotatable bonds is 4. The van der Waals surface area contributed by atoms with E-state index in [1.807, 2.05) is 42.5 Å². The van der Waals surface area contributed by atoms with E-state index in [0.29, 0.717) is 16.9 Å². The molecule has 3 rings (SSSR count). The maximum Gasteiger partial charge on any atom is 0.232 e. The van der Waals surface area contributed by atoms with Crippen LogP contribution in [0.25, 0.3) is 11.1 Å². The van der Waals surface area contributed by atoms with Gasteiger partial charge in [0, 0.05) is 5.56 Å². The normalized spacial score (nSPS) is 14.6. The SMILES string of the molecule is C[SiH](C)Oc1cc(C(C)(C)C)ccc1C(C)(O)c1nc2ccccc2o1. The molecule has 0 fully saturated rings. The molecule has 1 N–H and O–H groups in total. The Hall–Kier alpha value is -2.11. The maximum absolute atomic E-state index is 11.3. The smallest absolute Gasteiger partial charge is 0.232 e. The highest BCUT2D eigenvalue weighted by atomic mass is 28.3. The van der Waals surface area contributed by atoms with E-state index >= 15 is 0 Å². The molecular formula is C21H27NO3Si. The largest absolute Gasteiger partial charge is 0.547 e. The third kappa shape index (κ3) is 3.55. The number of benzene rings is 2. The second-order valence-electron chi connectivity index (χ2n) is 8.19. The molecule has 138 valence electrons. The first-order valence-electron chi connectivity index (χ1n) is 8.99. The van der Waals surface area contributed by atoms with Gasteiger partial charge in [-0.3, -0.25) is 0 Å². The fourth-order valence-electron chi connectivity index (χ4n) is 2.94. The van der Waals surface area contributed by atoms with Crippen molar-refractivity contribution in [1.82, 2.24) is 4.98 Å². The average Bonchev–Trinajstić information content (AvgIpc) is 2.98. The van der Waals surface area contributed by atoms with Crippen molar-refractivity contribution in [2.45, 2.75) is 51.8 Å². The lowest BCUT2D eigenvalue weighted by molar-refractivity contribution is 0.0710. The van der Waals surface area contributed by atoms with Gasteiger partial charge in [-0.25, -0.2) is 4.98 Å². The number of fused-ring (bicyclic) bond motifs is 1. The van der Waals surface area contributed by atoms with Crippen LogP contribution in [0.5, 0.6) is 5.75 Å². The average molecular weight is 370 g/mol. The lowest BCUT2D eigenvalue weighted by Gasteiger charge is -2.27. The molecule has 0 aliphatic carbocycles. The molecule has 0 saturated heterocycles. The standard InChI is InChI=1S/C21H27NO3Si/c1-20(2,3)14-11-12-15(18(13-14)25-26(5)6)21(4,23)19-22-16-9-7-8-10-17(16)24-19/h7-13,23,26H,1-6H3. The summed E-state index contributed by atoms with van der Waals surface area (Å²) in [6, 6.07) is 13.5. The lowest BCUT2D eigenvalue weighted by Crippen LogP contribution is -2.26. The molecule has 0 amide bonds. The van der Waals surface area contributed by atoms with Crippen LogP contribution in [-0.2, 0) is 11.0 Å². The zero-order chi connectivity index (χ0) is 19.1. The molecule has 0 aliphatic heterocycles. The summed E-state index contributed by atoms with van der Waals surface area (Å²) in [7, 11) is -1.36. The van der Waals surface area contributed by atoms with E-state index in [0.717, 1.165) is 5.52 Å². The maximum atomic E-state index is 11.3. The van der Waals surface area contributed by atoms with E-state index in [2.05, 4.69) is 38.8 Å². The van der Waals surface area contributed by atoms with Gasteiger partial charge in [0.05, 0.1) is 0 Å². The molecule has 26 heavy (non-hydrogen) atoms. The molecule has 3 aromatic rings. The van der Waals surface area contributed by atoms with Crippen molar-refractivity contribution < 1.29 is 13.9 Å². The van der Waals surface area contributed by atoms with Crippen molar-refractivity contribution in [3.63, 3.8) is 0 Å². The van der Waals surface area contributed by atoms with Crippen molar-refractivity contribution in [2.24, 2.45) is 0 Å². The zero-order valence-electron chi connectivity index (χ0n) is 16.3. The van der Waals surface area contributed by atoms with Crippen LogP contribution in [0.4, 0.5) is 0 Å². The van der Waals surface area contributed by atoms with Crippen LogP contribution in [0.3, 0.4) is 0 Å². The molecule has 0 spiro atoms. The summed E-state index contributed by atoms with van der Waals surface area (Å²) in [5.41, 5.74) is 1.86. The van der Waals surface area contributed by atoms with E-state index in [1.54, 1.807) is 6.92 Å². The van der Waals surface area contributed by atoms with Crippen molar-refractivity contribution in [1.29, 1.82) is 0 Å². The van der Waals surface area contributed by atoms with E-state index < -0.39 is 14.6 Å². The van der Waals surface area contributed by atoms with Crippen LogP contribution >= 0.6 is 0 Å². The fourth-order valence-corrected chi connectivity index (χ4v) is 3.64. The lowest BCUT2D eigenvalue weighted by atomic mass is 9.84. The predicted octanol–water partition coefficient (Wildman–Crippen LogP) is 4.74. The molecule has 1 unspecified atom stereocenters. The number of hydrogen-bond acceptors (Lipinski definition) is 4. The van der Waals surface area contributed by atoms with Gasteiger partial charge in [0.25, 0.3) is 0 Å². The first-order valence-corrected chi connectivity index (χ1v) is 11.8. The van der Waals surface area contributed by atoms with Gasteiger partial charge in [-0.2, -0.15) is 0 Å². The van der Waals surface area contributed by atoms with Gasteiger partial charge < -0.3 is 13.9 Å². The zero-order valence-corrected chi connectivity index (χ0v) is 17.5. The van der Waals surface area contributed by atoms with Gasteiger partial charge in [-0.05, 0) is 49.2 Å². The number of nitrogens with zero attached hydrogens (tertiary/aromatic N) is 1. The van der Waals surface area contributed by atoms with Crippen LogP contribution in [0, 0.1) is 0 Å². The second kappa shape index (κ2) is 6.56. The third-order valence-electron chi connectivity index (χ3n) is 4.45. The summed E-state index contributed by atoms with van der Waals surface area (Å²) in [6.07, 6.45) is 0. The molecule has 0 aliphatic rings. The van der Waals surface area contributed by atoms with Crippen LogP contribution in [-0.4, -0.2) is 19.1 Å². The Labute approximate surface area is 156 Å². The minimum atomic E-state index is -1.38. The molecule has 0 saturated carbocycles. The summed E-state index contributed by atoms with van der Waals surface area (Å²) >= 11 is 0. The van der Waals surface area contributed by atoms with Gasteiger partial charge in [0.15, 0.2) is 11.2 Å². The van der Waals surface area contributed by atoms with Gasteiger partial charge in [-0.15, -0.1) is 0 Å². The van der Waals surface area contributed by atoms with Gasteiger partial charge in [-0.1, -0.05) is 45.0 Å². The molecule has 0 bridgehead atoms. The molecule has 1 atom stereocenters. The molecule has 1 heterocycles. The first-order chi connectivity index (χ1) is 12.1. The number of para-hydroxylation sites is 2. The summed E-state index contributed by atoms with van der Waals surface area (Å²) in [6.45, 7) is 12.4. The number of oxazole rings is 1. The van der Waals surface area contributed by atoms with Crippen LogP contribution in [0.15, 0.2) is 46.9 Å². The first kappa shape index (κ1) is 18.7. The third-order valence-corrected chi connectivity index (χ3v) is 5.17. The molecule has 1 aromatic heterocycles. The van der Waals surface area contributed by atoms with Crippen LogP contribution < -0.4 is 4.43 Å². The van der Waals surface area contributed by atoms with Gasteiger partial charge in [0.1, 0.15) is 11.3 Å². The Kier molecular flexibility index (Phi) is 4.71. The summed E-state index contributed by atoms with van der Waals surface area (Å²) in [4.78, 5) is 4.49. The fraction of sp³-hybridized carbons (Fsp3) is 0.381. The molecular weight excluding hydrogens is 342 g/mol. The van der Waals surface area contributed by atoms with E-state index in [-0.39, 0.29) is 11.3 Å². The summed E-state index contributed by atoms with van der Waals surface area (Å²) in [5.74, 6) is 0.990. The van der Waals surface area contributed by atoms with Crippen molar-refractivity contribution in [3.8, 4) is 5.75 Å². The van der Waals surface area contributed by atoms with Crippen molar-refractivity contribution in [3.05, 3.63) is 59.5 Å². The minimum absolute atomic E-state index is 0.00134. The highest BCUT2D eigenvalue weighted by Gasteiger charge is 2.35. The second-order valence-corrected chi connectivity index (χ2v) is 10.5. The monoisotopic (exact) mass is 369 g/mol. The Morgan fingerprint density at radius 2 is 1.73 bits per heavy atom. The Balaban J connectivity index is 2.13.